The fraction of sp³-hybridized carbons (Fsp3) is 0.333. The van der Waals surface area contributed by atoms with Crippen LogP contribution in [0, 0.1) is 17.2 Å². The number of carbonyl (C=O) groups is 1. The van der Waals surface area contributed by atoms with Gasteiger partial charge in [0.1, 0.15) is 10.7 Å². The molecule has 2 aliphatic carbocycles. The molecule has 4 aromatic rings. The Morgan fingerprint density at radius 3 is 2.59 bits per heavy atom. The number of fused-ring (bicyclic) bond motifs is 2. The van der Waals surface area contributed by atoms with E-state index in [-0.39, 0.29) is 28.6 Å². The van der Waals surface area contributed by atoms with Crippen molar-refractivity contribution in [1.29, 1.82) is 0 Å². The lowest BCUT2D eigenvalue weighted by Crippen LogP contribution is -2.43. The van der Waals surface area contributed by atoms with E-state index in [9.17, 15) is 30.8 Å². The summed E-state index contributed by atoms with van der Waals surface area (Å²) in [6.07, 6.45) is 1.99. The molecule has 214 valence electrons. The summed E-state index contributed by atoms with van der Waals surface area (Å²) in [6, 6.07) is 7.17. The molecule has 0 spiro atoms. The number of ketones is 1. The Morgan fingerprint density at radius 2 is 1.93 bits per heavy atom. The number of sulfone groups is 1. The number of Topliss-reactive ketones (excluding diaryl/α,β-unsaturated/α-hetero) is 1. The van der Waals surface area contributed by atoms with Crippen LogP contribution in [0.15, 0.2) is 59.5 Å². The molecule has 0 N–H and O–H groups in total. The molecule has 0 radical (unpaired) electrons. The van der Waals surface area contributed by atoms with Gasteiger partial charge in [-0.3, -0.25) is 9.48 Å². The van der Waals surface area contributed by atoms with Gasteiger partial charge in [-0.2, -0.15) is 23.4 Å². The minimum absolute atomic E-state index is 0.0667. The zero-order valence-electron chi connectivity index (χ0n) is 21.6. The summed E-state index contributed by atoms with van der Waals surface area (Å²) in [4.78, 5) is 17.0. The van der Waals surface area contributed by atoms with Crippen molar-refractivity contribution in [2.24, 2.45) is 18.4 Å². The summed E-state index contributed by atoms with van der Waals surface area (Å²) in [7, 11) is -2.17. The summed E-state index contributed by atoms with van der Waals surface area (Å²) in [5.41, 5.74) is 1.37. The topological polar surface area (TPSA) is 99.7 Å². The Balaban J connectivity index is 1.40. The average Bonchev–Trinajstić information content (AvgIpc) is 3.67. The lowest BCUT2D eigenvalue weighted by atomic mass is 9.60. The lowest BCUT2D eigenvalue weighted by molar-refractivity contribution is -0.134. The van der Waals surface area contributed by atoms with Crippen LogP contribution in [0.2, 0.25) is 0 Å². The average molecular weight is 606 g/mol. The third-order valence-corrected chi connectivity index (χ3v) is 10.5. The smallest absolute Gasteiger partial charge is 0.290 e. The fourth-order valence-corrected chi connectivity index (χ4v) is 8.23. The van der Waals surface area contributed by atoms with E-state index in [1.54, 1.807) is 30.1 Å². The minimum Gasteiger partial charge on any atom is -0.290 e. The van der Waals surface area contributed by atoms with Crippen LogP contribution in [0.1, 0.15) is 45.2 Å². The van der Waals surface area contributed by atoms with Gasteiger partial charge in [0.05, 0.1) is 34.9 Å². The summed E-state index contributed by atoms with van der Waals surface area (Å²) in [5.74, 6) is -1.67. The van der Waals surface area contributed by atoms with Crippen molar-refractivity contribution in [2.75, 3.05) is 5.75 Å². The molecule has 0 amide bonds. The van der Waals surface area contributed by atoms with Crippen LogP contribution < -0.4 is 0 Å². The van der Waals surface area contributed by atoms with E-state index in [0.29, 0.717) is 52.9 Å². The second-order valence-electron chi connectivity index (χ2n) is 10.4. The Bertz CT molecular complexity index is 1790. The van der Waals surface area contributed by atoms with Gasteiger partial charge in [-0.25, -0.2) is 22.5 Å². The number of halogens is 4. The first-order valence-corrected chi connectivity index (χ1v) is 15.2. The summed E-state index contributed by atoms with van der Waals surface area (Å²) in [6.45, 7) is 0. The van der Waals surface area contributed by atoms with Gasteiger partial charge in [0.25, 0.3) is 0 Å². The highest BCUT2D eigenvalue weighted by molar-refractivity contribution is 7.91. The number of hydrogen-bond donors (Lipinski definition) is 0. The van der Waals surface area contributed by atoms with Gasteiger partial charge in [0, 0.05) is 13.2 Å². The SMILES string of the molecule is Cn1ccc(S(=O)(=O)CC2CCC3=Cc4c(cnn4-c4ccc(F)cc4)C[C@]3(C(=O)c3ncc(C(F)(F)F)s3)C2)n1. The van der Waals surface area contributed by atoms with Gasteiger partial charge >= 0.3 is 6.18 Å². The molecule has 8 nitrogen and oxygen atoms in total. The third kappa shape index (κ3) is 4.92. The van der Waals surface area contributed by atoms with E-state index in [1.807, 2.05) is 6.08 Å². The first-order valence-electron chi connectivity index (χ1n) is 12.7. The largest absolute Gasteiger partial charge is 0.427 e. The van der Waals surface area contributed by atoms with Crippen LogP contribution >= 0.6 is 11.3 Å². The molecular formula is C27H23F4N5O3S2. The maximum absolute atomic E-state index is 14.1. The molecular weight excluding hydrogens is 582 g/mol. The van der Waals surface area contributed by atoms with Crippen molar-refractivity contribution in [3.63, 3.8) is 0 Å². The molecule has 14 heteroatoms. The van der Waals surface area contributed by atoms with Crippen LogP contribution in [0.4, 0.5) is 17.6 Å². The number of rotatable bonds is 6. The molecule has 3 aromatic heterocycles. The summed E-state index contributed by atoms with van der Waals surface area (Å²) >= 11 is 0.291. The van der Waals surface area contributed by atoms with E-state index in [0.717, 1.165) is 0 Å². The van der Waals surface area contributed by atoms with E-state index in [2.05, 4.69) is 15.2 Å². The zero-order valence-corrected chi connectivity index (χ0v) is 23.2. The molecule has 2 atom stereocenters. The standard InChI is InChI=1S/C27H23F4N5O3S2/c1-35-9-8-23(34-35)41(38,39)15-16-2-3-18-10-21-17(13-33-36(21)20-6-4-19(28)5-7-20)12-26(18,11-16)24(37)25-32-14-22(40-25)27(29,30)31/h4-10,13-14,16H,2-3,11-12,15H2,1H3/t16?,26-/m1/s1. The Labute approximate surface area is 236 Å². The highest BCUT2D eigenvalue weighted by atomic mass is 32.2. The Morgan fingerprint density at radius 1 is 1.17 bits per heavy atom. The molecule has 0 saturated heterocycles. The molecule has 3 heterocycles. The lowest BCUT2D eigenvalue weighted by Gasteiger charge is -2.43. The first-order chi connectivity index (χ1) is 19.4. The quantitative estimate of drug-likeness (QED) is 0.218. The predicted octanol–water partition coefficient (Wildman–Crippen LogP) is 5.30. The number of aromatic nitrogens is 5. The minimum atomic E-state index is -4.64. The van der Waals surface area contributed by atoms with Crippen molar-refractivity contribution in [1.82, 2.24) is 24.5 Å². The fourth-order valence-electron chi connectivity index (χ4n) is 5.81. The number of hydrogen-bond acceptors (Lipinski definition) is 7. The molecule has 1 saturated carbocycles. The molecule has 6 rings (SSSR count). The van der Waals surface area contributed by atoms with Gasteiger partial charge in [-0.05, 0) is 73.6 Å². The van der Waals surface area contributed by atoms with Crippen LogP contribution in [-0.4, -0.2) is 44.5 Å². The molecule has 1 fully saturated rings. The molecule has 41 heavy (non-hydrogen) atoms. The van der Waals surface area contributed by atoms with Gasteiger partial charge in [-0.1, -0.05) is 5.57 Å². The van der Waals surface area contributed by atoms with Crippen molar-refractivity contribution in [3.8, 4) is 5.69 Å². The highest BCUT2D eigenvalue weighted by Crippen LogP contribution is 2.52. The zero-order chi connectivity index (χ0) is 29.2. The Kier molecular flexibility index (Phi) is 6.53. The number of benzene rings is 1. The third-order valence-electron chi connectivity index (χ3n) is 7.71. The van der Waals surface area contributed by atoms with Crippen LogP contribution in [0.25, 0.3) is 11.8 Å². The van der Waals surface area contributed by atoms with Gasteiger partial charge < -0.3 is 0 Å². The van der Waals surface area contributed by atoms with E-state index < -0.39 is 43.8 Å². The summed E-state index contributed by atoms with van der Waals surface area (Å²) in [5, 5.41) is 8.13. The number of nitrogens with zero attached hydrogens (tertiary/aromatic N) is 5. The van der Waals surface area contributed by atoms with Crippen molar-refractivity contribution >= 4 is 33.0 Å². The molecule has 2 aliphatic rings. The number of carbonyl (C=O) groups excluding carboxylic acids is 1. The maximum Gasteiger partial charge on any atom is 0.427 e. The number of alkyl halides is 3. The van der Waals surface area contributed by atoms with E-state index >= 15 is 0 Å². The monoisotopic (exact) mass is 605 g/mol. The second-order valence-corrected chi connectivity index (χ2v) is 13.5. The molecule has 1 aromatic carbocycles. The van der Waals surface area contributed by atoms with E-state index in [1.165, 1.54) is 29.1 Å². The van der Waals surface area contributed by atoms with Crippen LogP contribution in [0.5, 0.6) is 0 Å². The molecule has 0 bridgehead atoms. The van der Waals surface area contributed by atoms with Gasteiger partial charge in [0.15, 0.2) is 19.9 Å². The maximum atomic E-state index is 14.1. The number of aryl methyl sites for hydroxylation is 1. The number of thiazole rings is 1. The highest BCUT2D eigenvalue weighted by Gasteiger charge is 2.51. The Hall–Kier alpha value is -3.65. The van der Waals surface area contributed by atoms with Gasteiger partial charge in [-0.15, -0.1) is 11.3 Å². The summed E-state index contributed by atoms with van der Waals surface area (Å²) < 4.78 is 83.0. The van der Waals surface area contributed by atoms with Crippen molar-refractivity contribution in [3.05, 3.63) is 81.5 Å². The number of allylic oxidation sites excluding steroid dienone is 1. The van der Waals surface area contributed by atoms with Crippen LogP contribution in [-0.2, 0) is 29.5 Å². The van der Waals surface area contributed by atoms with Crippen LogP contribution in [0.3, 0.4) is 0 Å². The van der Waals surface area contributed by atoms with Gasteiger partial charge in [0.2, 0.25) is 5.78 Å². The normalized spacial score (nSPS) is 20.8. The van der Waals surface area contributed by atoms with Crippen molar-refractivity contribution < 1.29 is 30.8 Å². The predicted molar refractivity (Wildman–Crippen MR) is 142 cm³/mol. The van der Waals surface area contributed by atoms with E-state index in [4.69, 9.17) is 0 Å². The molecule has 0 aliphatic heterocycles. The van der Waals surface area contributed by atoms with Crippen molar-refractivity contribution in [2.45, 2.75) is 36.9 Å². The second kappa shape index (κ2) is 9.72. The first kappa shape index (κ1) is 27.5. The molecule has 1 unspecified atom stereocenters.